The first-order chi connectivity index (χ1) is 18.3. The number of halogens is 2. The average Bonchev–Trinajstić information content (AvgIpc) is 2.84. The predicted octanol–water partition coefficient (Wildman–Crippen LogP) is 5.75. The molecule has 3 aromatic rings. The molecule has 2 amide bonds. The Labute approximate surface area is 240 Å². The van der Waals surface area contributed by atoms with E-state index in [9.17, 15) is 18.0 Å². The molecule has 0 bridgehead atoms. The molecule has 0 spiro atoms. The van der Waals surface area contributed by atoms with Crippen molar-refractivity contribution in [2.45, 2.75) is 58.1 Å². The van der Waals surface area contributed by atoms with Crippen molar-refractivity contribution < 1.29 is 18.0 Å². The first-order valence-electron chi connectivity index (χ1n) is 12.5. The molecule has 0 unspecified atom stereocenters. The van der Waals surface area contributed by atoms with Gasteiger partial charge in [-0.3, -0.25) is 13.9 Å². The summed E-state index contributed by atoms with van der Waals surface area (Å²) in [6, 6.07) is 17.3. The largest absolute Gasteiger partial charge is 0.352 e. The van der Waals surface area contributed by atoms with E-state index in [2.05, 4.69) is 5.32 Å². The van der Waals surface area contributed by atoms with Gasteiger partial charge in [-0.05, 0) is 70.5 Å². The van der Waals surface area contributed by atoms with Gasteiger partial charge in [0.1, 0.15) is 12.6 Å². The number of nitrogens with zero attached hydrogens (tertiary/aromatic N) is 2. The third-order valence-electron chi connectivity index (χ3n) is 6.06. The molecule has 3 rings (SSSR count). The third kappa shape index (κ3) is 7.97. The molecule has 0 saturated carbocycles. The van der Waals surface area contributed by atoms with Gasteiger partial charge in [0.15, 0.2) is 0 Å². The molecule has 10 heteroatoms. The summed E-state index contributed by atoms with van der Waals surface area (Å²) in [5.74, 6) is -0.903. The van der Waals surface area contributed by atoms with Crippen LogP contribution >= 0.6 is 23.2 Å². The highest BCUT2D eigenvalue weighted by atomic mass is 35.5. The van der Waals surface area contributed by atoms with E-state index in [0.717, 1.165) is 21.0 Å². The van der Waals surface area contributed by atoms with Crippen LogP contribution in [-0.2, 0) is 26.2 Å². The van der Waals surface area contributed by atoms with Gasteiger partial charge in [0.05, 0.1) is 10.6 Å². The monoisotopic (exact) mass is 589 g/mol. The van der Waals surface area contributed by atoms with Gasteiger partial charge in [-0.15, -0.1) is 0 Å². The molecule has 7 nitrogen and oxygen atoms in total. The van der Waals surface area contributed by atoms with Gasteiger partial charge in [0.2, 0.25) is 11.8 Å². The van der Waals surface area contributed by atoms with Crippen LogP contribution in [0.15, 0.2) is 71.6 Å². The van der Waals surface area contributed by atoms with E-state index in [0.29, 0.717) is 0 Å². The maximum atomic E-state index is 13.9. The van der Waals surface area contributed by atoms with Crippen LogP contribution in [0.2, 0.25) is 10.0 Å². The summed E-state index contributed by atoms with van der Waals surface area (Å²) in [5, 5.41) is 3.27. The highest BCUT2D eigenvalue weighted by molar-refractivity contribution is 7.92. The number of rotatable bonds is 10. The summed E-state index contributed by atoms with van der Waals surface area (Å²) in [4.78, 5) is 28.3. The standard InChI is InChI=1S/C29H33Cl2N3O4S/c1-19(2)32-29(36)22(5)33(17-23-8-6-7-21(4)13-23)28(35)18-34(26-15-24(30)14-25(31)16-26)39(37,38)27-11-9-20(3)10-12-27/h6-16,19,22H,17-18H2,1-5H3,(H,32,36)/t22-/m0/s1. The summed E-state index contributed by atoms with van der Waals surface area (Å²) >= 11 is 12.4. The zero-order valence-corrected chi connectivity index (χ0v) is 24.9. The number of anilines is 1. The fourth-order valence-electron chi connectivity index (χ4n) is 4.04. The fraction of sp³-hybridized carbons (Fsp3) is 0.310. The Kier molecular flexibility index (Phi) is 10.0. The SMILES string of the molecule is Cc1ccc(S(=O)(=O)N(CC(=O)N(Cc2cccc(C)c2)[C@@H](C)C(=O)NC(C)C)c2cc(Cl)cc(Cl)c2)cc1. The van der Waals surface area contributed by atoms with Crippen LogP contribution in [0, 0.1) is 13.8 Å². The van der Waals surface area contributed by atoms with E-state index in [-0.39, 0.29) is 39.1 Å². The number of carbonyl (C=O) groups excluding carboxylic acids is 2. The normalized spacial score (nSPS) is 12.2. The van der Waals surface area contributed by atoms with Crippen molar-refractivity contribution in [1.29, 1.82) is 0 Å². The molecule has 0 heterocycles. The van der Waals surface area contributed by atoms with E-state index < -0.39 is 28.5 Å². The molecule has 39 heavy (non-hydrogen) atoms. The molecule has 0 aromatic heterocycles. The second-order valence-corrected chi connectivity index (χ2v) is 12.5. The van der Waals surface area contributed by atoms with Gasteiger partial charge in [-0.2, -0.15) is 0 Å². The van der Waals surface area contributed by atoms with Crippen LogP contribution in [0.3, 0.4) is 0 Å². The summed E-state index contributed by atoms with van der Waals surface area (Å²) in [7, 11) is -4.21. The molecule has 0 aliphatic heterocycles. The first kappa shape index (κ1) is 30.5. The van der Waals surface area contributed by atoms with Crippen molar-refractivity contribution in [1.82, 2.24) is 10.2 Å². The van der Waals surface area contributed by atoms with Crippen molar-refractivity contribution in [3.05, 3.63) is 93.5 Å². The van der Waals surface area contributed by atoms with Crippen LogP contribution in [0.4, 0.5) is 5.69 Å². The molecule has 0 fully saturated rings. The van der Waals surface area contributed by atoms with Crippen molar-refractivity contribution in [2.75, 3.05) is 10.8 Å². The number of amides is 2. The number of nitrogens with one attached hydrogen (secondary N) is 1. The Bertz CT molecular complexity index is 1420. The van der Waals surface area contributed by atoms with Crippen LogP contribution in [0.1, 0.15) is 37.5 Å². The summed E-state index contributed by atoms with van der Waals surface area (Å²) in [6.45, 7) is 8.61. The Balaban J connectivity index is 2.07. The van der Waals surface area contributed by atoms with E-state index in [1.165, 1.54) is 35.2 Å². The highest BCUT2D eigenvalue weighted by Gasteiger charge is 2.33. The Hall–Kier alpha value is -3.07. The van der Waals surface area contributed by atoms with Crippen molar-refractivity contribution >= 4 is 50.7 Å². The topological polar surface area (TPSA) is 86.8 Å². The molecule has 1 atom stereocenters. The number of aryl methyl sites for hydroxylation is 2. The van der Waals surface area contributed by atoms with E-state index in [4.69, 9.17) is 23.2 Å². The molecule has 0 aliphatic rings. The Morgan fingerprint density at radius 1 is 0.872 bits per heavy atom. The Morgan fingerprint density at radius 3 is 2.05 bits per heavy atom. The van der Waals surface area contributed by atoms with Crippen molar-refractivity contribution in [2.24, 2.45) is 0 Å². The minimum absolute atomic E-state index is 0.00725. The van der Waals surface area contributed by atoms with Gasteiger partial charge in [-0.25, -0.2) is 8.42 Å². The molecule has 208 valence electrons. The minimum atomic E-state index is -4.21. The van der Waals surface area contributed by atoms with Crippen LogP contribution < -0.4 is 9.62 Å². The minimum Gasteiger partial charge on any atom is -0.352 e. The number of hydrogen-bond acceptors (Lipinski definition) is 4. The maximum Gasteiger partial charge on any atom is 0.264 e. The lowest BCUT2D eigenvalue weighted by atomic mass is 10.1. The lowest BCUT2D eigenvalue weighted by Crippen LogP contribution is -2.52. The molecular formula is C29H33Cl2N3O4S. The molecule has 3 aromatic carbocycles. The van der Waals surface area contributed by atoms with E-state index in [1.54, 1.807) is 19.1 Å². The predicted molar refractivity (Wildman–Crippen MR) is 157 cm³/mol. The zero-order valence-electron chi connectivity index (χ0n) is 22.6. The summed E-state index contributed by atoms with van der Waals surface area (Å²) in [6.07, 6.45) is 0. The number of benzene rings is 3. The number of carbonyl (C=O) groups is 2. The summed E-state index contributed by atoms with van der Waals surface area (Å²) < 4.78 is 28.7. The number of sulfonamides is 1. The van der Waals surface area contributed by atoms with Crippen LogP contribution in [-0.4, -0.2) is 43.8 Å². The van der Waals surface area contributed by atoms with E-state index in [1.807, 2.05) is 52.0 Å². The quantitative estimate of drug-likeness (QED) is 0.326. The highest BCUT2D eigenvalue weighted by Crippen LogP contribution is 2.30. The third-order valence-corrected chi connectivity index (χ3v) is 8.28. The lowest BCUT2D eigenvalue weighted by molar-refractivity contribution is -0.139. The molecule has 0 radical (unpaired) electrons. The molecule has 0 aliphatic carbocycles. The summed E-state index contributed by atoms with van der Waals surface area (Å²) in [5.41, 5.74) is 2.83. The number of hydrogen-bond donors (Lipinski definition) is 1. The fourth-order valence-corrected chi connectivity index (χ4v) is 5.96. The lowest BCUT2D eigenvalue weighted by Gasteiger charge is -2.32. The van der Waals surface area contributed by atoms with Crippen LogP contribution in [0.25, 0.3) is 0 Å². The first-order valence-corrected chi connectivity index (χ1v) is 14.7. The van der Waals surface area contributed by atoms with Gasteiger partial charge in [0, 0.05) is 22.6 Å². The van der Waals surface area contributed by atoms with Gasteiger partial charge in [0.25, 0.3) is 10.0 Å². The Morgan fingerprint density at radius 2 is 1.49 bits per heavy atom. The van der Waals surface area contributed by atoms with Gasteiger partial charge in [-0.1, -0.05) is 70.7 Å². The average molecular weight is 591 g/mol. The zero-order chi connectivity index (χ0) is 28.9. The second kappa shape index (κ2) is 12.9. The molecular weight excluding hydrogens is 557 g/mol. The second-order valence-electron chi connectivity index (χ2n) is 9.80. The molecule has 1 N–H and O–H groups in total. The van der Waals surface area contributed by atoms with Crippen molar-refractivity contribution in [3.63, 3.8) is 0 Å². The smallest absolute Gasteiger partial charge is 0.264 e. The van der Waals surface area contributed by atoms with Gasteiger partial charge < -0.3 is 10.2 Å². The van der Waals surface area contributed by atoms with Gasteiger partial charge >= 0.3 is 0 Å². The van der Waals surface area contributed by atoms with E-state index >= 15 is 0 Å². The maximum absolute atomic E-state index is 13.9. The van der Waals surface area contributed by atoms with Crippen molar-refractivity contribution in [3.8, 4) is 0 Å². The molecule has 0 saturated heterocycles. The van der Waals surface area contributed by atoms with Crippen LogP contribution in [0.5, 0.6) is 0 Å².